The van der Waals surface area contributed by atoms with Gasteiger partial charge in [0.25, 0.3) is 0 Å². The highest BCUT2D eigenvalue weighted by atomic mass is 15.0. The van der Waals surface area contributed by atoms with Gasteiger partial charge in [-0.15, -0.1) is 0 Å². The van der Waals surface area contributed by atoms with Crippen molar-refractivity contribution in [1.29, 1.82) is 0 Å². The van der Waals surface area contributed by atoms with Crippen LogP contribution in [0.25, 0.3) is 0 Å². The zero-order valence-corrected chi connectivity index (χ0v) is 10.4. The first kappa shape index (κ1) is 11.9. The van der Waals surface area contributed by atoms with Crippen molar-refractivity contribution in [2.75, 3.05) is 0 Å². The summed E-state index contributed by atoms with van der Waals surface area (Å²) in [7, 11) is 0. The molecule has 0 aliphatic heterocycles. The number of aromatic nitrogens is 2. The van der Waals surface area contributed by atoms with Crippen LogP contribution >= 0.6 is 0 Å². The van der Waals surface area contributed by atoms with Crippen LogP contribution in [0.2, 0.25) is 0 Å². The molecule has 90 valence electrons. The molecular weight excluding hydrogens is 210 g/mol. The van der Waals surface area contributed by atoms with Crippen LogP contribution in [-0.4, -0.2) is 9.97 Å². The van der Waals surface area contributed by atoms with E-state index in [1.165, 1.54) is 11.1 Å². The van der Waals surface area contributed by atoms with Crippen LogP contribution in [0.15, 0.2) is 36.8 Å². The molecule has 17 heavy (non-hydrogen) atoms. The highest BCUT2D eigenvalue weighted by Gasteiger charge is 2.08. The number of imidazole rings is 1. The molecule has 0 aliphatic carbocycles. The zero-order chi connectivity index (χ0) is 12.1. The van der Waals surface area contributed by atoms with E-state index in [2.05, 4.69) is 53.4 Å². The lowest BCUT2D eigenvalue weighted by atomic mass is 10.0. The highest BCUT2D eigenvalue weighted by Crippen LogP contribution is 2.17. The molecule has 0 radical (unpaired) electrons. The van der Waals surface area contributed by atoms with Gasteiger partial charge in [0, 0.05) is 24.5 Å². The molecule has 1 aromatic heterocycles. The first-order chi connectivity index (χ1) is 8.29. The van der Waals surface area contributed by atoms with Gasteiger partial charge < -0.3 is 10.3 Å². The lowest BCUT2D eigenvalue weighted by Crippen LogP contribution is -2.20. The van der Waals surface area contributed by atoms with Gasteiger partial charge in [-0.05, 0) is 18.9 Å². The molecule has 1 aromatic carbocycles. The van der Waals surface area contributed by atoms with Crippen molar-refractivity contribution in [1.82, 2.24) is 15.3 Å². The van der Waals surface area contributed by atoms with Crippen molar-refractivity contribution in [2.24, 2.45) is 0 Å². The summed E-state index contributed by atoms with van der Waals surface area (Å²) in [5.41, 5.74) is 3.77. The van der Waals surface area contributed by atoms with Crippen molar-refractivity contribution in [3.05, 3.63) is 53.6 Å². The Bertz CT molecular complexity index is 431. The largest absolute Gasteiger partial charge is 0.347 e. The SMILES string of the molecule is CCC(NCc1cnc[nH]1)c1ccc(C)cc1. The third-order valence-electron chi connectivity index (χ3n) is 2.98. The van der Waals surface area contributed by atoms with E-state index in [0.717, 1.165) is 18.7 Å². The third kappa shape index (κ3) is 3.17. The molecule has 0 saturated heterocycles. The van der Waals surface area contributed by atoms with Gasteiger partial charge in [0.1, 0.15) is 0 Å². The van der Waals surface area contributed by atoms with Crippen molar-refractivity contribution in [3.8, 4) is 0 Å². The number of nitrogens with one attached hydrogen (secondary N) is 2. The summed E-state index contributed by atoms with van der Waals surface area (Å²) in [5, 5.41) is 3.54. The number of rotatable bonds is 5. The topological polar surface area (TPSA) is 40.7 Å². The summed E-state index contributed by atoms with van der Waals surface area (Å²) < 4.78 is 0. The Morgan fingerprint density at radius 3 is 2.65 bits per heavy atom. The zero-order valence-electron chi connectivity index (χ0n) is 10.4. The van der Waals surface area contributed by atoms with E-state index in [-0.39, 0.29) is 0 Å². The predicted octanol–water partition coefficient (Wildman–Crippen LogP) is 2.96. The number of nitrogens with zero attached hydrogens (tertiary/aromatic N) is 1. The van der Waals surface area contributed by atoms with Crippen LogP contribution in [0.1, 0.15) is 36.2 Å². The molecular formula is C14H19N3. The van der Waals surface area contributed by atoms with E-state index in [4.69, 9.17) is 0 Å². The lowest BCUT2D eigenvalue weighted by molar-refractivity contribution is 0.515. The molecule has 2 N–H and O–H groups in total. The Labute approximate surface area is 102 Å². The Balaban J connectivity index is 1.99. The molecule has 1 unspecified atom stereocenters. The Hall–Kier alpha value is -1.61. The number of aromatic amines is 1. The number of H-pyrrole nitrogens is 1. The van der Waals surface area contributed by atoms with Gasteiger partial charge in [0.2, 0.25) is 0 Å². The number of aryl methyl sites for hydroxylation is 1. The maximum Gasteiger partial charge on any atom is 0.0922 e. The van der Waals surface area contributed by atoms with Crippen LogP contribution in [0.5, 0.6) is 0 Å². The normalized spacial score (nSPS) is 12.6. The van der Waals surface area contributed by atoms with Gasteiger partial charge in [0.05, 0.1) is 6.33 Å². The first-order valence-corrected chi connectivity index (χ1v) is 6.06. The quantitative estimate of drug-likeness (QED) is 0.827. The van der Waals surface area contributed by atoms with E-state index in [9.17, 15) is 0 Å². The molecule has 0 saturated carbocycles. The van der Waals surface area contributed by atoms with Gasteiger partial charge in [-0.25, -0.2) is 4.98 Å². The molecule has 1 atom stereocenters. The fraction of sp³-hybridized carbons (Fsp3) is 0.357. The van der Waals surface area contributed by atoms with Crippen molar-refractivity contribution in [2.45, 2.75) is 32.9 Å². The average molecular weight is 229 g/mol. The maximum absolute atomic E-state index is 4.01. The molecule has 1 heterocycles. The molecule has 0 fully saturated rings. The van der Waals surface area contributed by atoms with Crippen LogP contribution in [0.4, 0.5) is 0 Å². The lowest BCUT2D eigenvalue weighted by Gasteiger charge is -2.17. The van der Waals surface area contributed by atoms with Crippen LogP contribution < -0.4 is 5.32 Å². The number of benzene rings is 1. The minimum absolute atomic E-state index is 0.402. The van der Waals surface area contributed by atoms with Crippen LogP contribution in [-0.2, 0) is 6.54 Å². The fourth-order valence-corrected chi connectivity index (χ4v) is 1.91. The second-order valence-electron chi connectivity index (χ2n) is 4.33. The second-order valence-corrected chi connectivity index (χ2v) is 4.33. The van der Waals surface area contributed by atoms with Gasteiger partial charge in [-0.1, -0.05) is 36.8 Å². The van der Waals surface area contributed by atoms with Gasteiger partial charge >= 0.3 is 0 Å². The molecule has 0 amide bonds. The summed E-state index contributed by atoms with van der Waals surface area (Å²) in [6, 6.07) is 9.12. The Morgan fingerprint density at radius 1 is 1.29 bits per heavy atom. The number of hydrogen-bond donors (Lipinski definition) is 2. The minimum Gasteiger partial charge on any atom is -0.347 e. The monoisotopic (exact) mass is 229 g/mol. The van der Waals surface area contributed by atoms with E-state index in [0.29, 0.717) is 6.04 Å². The van der Waals surface area contributed by atoms with Crippen LogP contribution in [0.3, 0.4) is 0 Å². The smallest absolute Gasteiger partial charge is 0.0922 e. The molecule has 2 rings (SSSR count). The summed E-state index contributed by atoms with van der Waals surface area (Å²) in [6.07, 6.45) is 4.65. The molecule has 2 aromatic rings. The van der Waals surface area contributed by atoms with Crippen molar-refractivity contribution in [3.63, 3.8) is 0 Å². The molecule has 0 spiro atoms. The third-order valence-corrected chi connectivity index (χ3v) is 2.98. The predicted molar refractivity (Wildman–Crippen MR) is 69.6 cm³/mol. The highest BCUT2D eigenvalue weighted by molar-refractivity contribution is 5.24. The Kier molecular flexibility index (Phi) is 3.94. The Morgan fingerprint density at radius 2 is 2.06 bits per heavy atom. The first-order valence-electron chi connectivity index (χ1n) is 6.06. The summed E-state index contributed by atoms with van der Waals surface area (Å²) in [6.45, 7) is 5.14. The van der Waals surface area contributed by atoms with E-state index >= 15 is 0 Å². The molecule has 3 nitrogen and oxygen atoms in total. The summed E-state index contributed by atoms with van der Waals surface area (Å²) in [5.74, 6) is 0. The van der Waals surface area contributed by atoms with Crippen LogP contribution in [0, 0.1) is 6.92 Å². The van der Waals surface area contributed by atoms with E-state index < -0.39 is 0 Å². The second kappa shape index (κ2) is 5.64. The van der Waals surface area contributed by atoms with Crippen molar-refractivity contribution >= 4 is 0 Å². The molecule has 3 heteroatoms. The maximum atomic E-state index is 4.01. The molecule has 0 aliphatic rings. The number of hydrogen-bond acceptors (Lipinski definition) is 2. The van der Waals surface area contributed by atoms with E-state index in [1.54, 1.807) is 6.33 Å². The summed E-state index contributed by atoms with van der Waals surface area (Å²) >= 11 is 0. The van der Waals surface area contributed by atoms with Gasteiger partial charge in [0.15, 0.2) is 0 Å². The minimum atomic E-state index is 0.402. The fourth-order valence-electron chi connectivity index (χ4n) is 1.91. The van der Waals surface area contributed by atoms with E-state index in [1.807, 2.05) is 6.20 Å². The van der Waals surface area contributed by atoms with Gasteiger partial charge in [-0.2, -0.15) is 0 Å². The average Bonchev–Trinajstić information content (AvgIpc) is 2.85. The van der Waals surface area contributed by atoms with Gasteiger partial charge in [-0.3, -0.25) is 0 Å². The van der Waals surface area contributed by atoms with Crippen molar-refractivity contribution < 1.29 is 0 Å². The standard InChI is InChI=1S/C14H19N3/c1-3-14(12-6-4-11(2)5-7-12)16-9-13-8-15-10-17-13/h4-8,10,14,16H,3,9H2,1-2H3,(H,15,17). The summed E-state index contributed by atoms with van der Waals surface area (Å²) in [4.78, 5) is 7.12. The molecule has 0 bridgehead atoms.